The van der Waals surface area contributed by atoms with Crippen LogP contribution < -0.4 is 0 Å². The van der Waals surface area contributed by atoms with Gasteiger partial charge >= 0.3 is 6.18 Å². The van der Waals surface area contributed by atoms with Crippen molar-refractivity contribution in [2.24, 2.45) is 0 Å². The molecule has 0 atom stereocenters. The molecule has 14 heavy (non-hydrogen) atoms. The van der Waals surface area contributed by atoms with E-state index in [1.54, 1.807) is 0 Å². The predicted molar refractivity (Wildman–Crippen MR) is 46.7 cm³/mol. The van der Waals surface area contributed by atoms with Gasteiger partial charge in [0.15, 0.2) is 0 Å². The fourth-order valence-electron chi connectivity index (χ4n) is 0.541. The van der Waals surface area contributed by atoms with Gasteiger partial charge in [-0.1, -0.05) is 0 Å². The molecule has 0 bridgehead atoms. The van der Waals surface area contributed by atoms with Crippen molar-refractivity contribution in [3.8, 4) is 0 Å². The lowest BCUT2D eigenvalue weighted by atomic mass is 10.3. The van der Waals surface area contributed by atoms with Crippen LogP contribution in [0, 0.1) is 0 Å². The van der Waals surface area contributed by atoms with Crippen LogP contribution in [0.3, 0.4) is 0 Å². The highest BCUT2D eigenvalue weighted by Gasteiger charge is 2.29. The molecule has 0 aromatic carbocycles. The van der Waals surface area contributed by atoms with Gasteiger partial charge in [-0.3, -0.25) is 19.1 Å². The average Bonchev–Trinajstić information content (AvgIpc) is 1.88. The molecule has 1 heterocycles. The molecular weight excluding hydrogens is 211 g/mol. The molecule has 0 radical (unpaired) electrons. The lowest BCUT2D eigenvalue weighted by Crippen LogP contribution is -2.03. The van der Waals surface area contributed by atoms with Crippen LogP contribution in [-0.2, 0) is 6.18 Å². The van der Waals surface area contributed by atoms with Gasteiger partial charge in [0.25, 0.3) is 0 Å². The van der Waals surface area contributed by atoms with E-state index >= 15 is 0 Å². The summed E-state index contributed by atoms with van der Waals surface area (Å²) in [7, 11) is 0. The summed E-state index contributed by atoms with van der Waals surface area (Å²) < 4.78 is 35.3. The van der Waals surface area contributed by atoms with Gasteiger partial charge in [0.2, 0.25) is 0 Å². The Morgan fingerprint density at radius 3 is 1.50 bits per heavy atom. The van der Waals surface area contributed by atoms with Gasteiger partial charge in [0.1, 0.15) is 0 Å². The second-order valence-corrected chi connectivity index (χ2v) is 1.73. The third kappa shape index (κ3) is 6.33. The van der Waals surface area contributed by atoms with Gasteiger partial charge in [0.05, 0.1) is 14.0 Å². The van der Waals surface area contributed by atoms with Gasteiger partial charge in [-0.2, -0.15) is 13.2 Å². The molecule has 84 valence electrons. The highest BCUT2D eigenvalue weighted by molar-refractivity contribution is 5.75. The molecule has 0 amide bonds. The van der Waals surface area contributed by atoms with E-state index < -0.39 is 11.7 Å². The number of alkyl halides is 3. The van der Waals surface area contributed by atoms with Gasteiger partial charge < -0.3 is 0 Å². The second kappa shape index (κ2) is 8.40. The molecule has 0 aliphatic heterocycles. The van der Waals surface area contributed by atoms with Crippen LogP contribution in [0.1, 0.15) is 5.56 Å². The monoisotopic (exact) mass is 221 g/mol. The molecule has 8 heteroatoms. The summed E-state index contributed by atoms with van der Waals surface area (Å²) in [5.74, 6) is 0. The van der Waals surface area contributed by atoms with E-state index in [2.05, 4.69) is 4.98 Å². The number of pyridine rings is 1. The van der Waals surface area contributed by atoms with Crippen molar-refractivity contribution in [1.82, 2.24) is 4.98 Å². The predicted octanol–water partition coefficient (Wildman–Crippen LogP) is 1.37. The van der Waals surface area contributed by atoms with E-state index in [0.29, 0.717) is 0 Å². The number of hydrogen-bond acceptors (Lipinski definition) is 1. The maximum absolute atomic E-state index is 11.8. The minimum atomic E-state index is -4.25. The number of aromatic nitrogens is 1. The van der Waals surface area contributed by atoms with E-state index in [9.17, 15) is 13.2 Å². The molecule has 0 spiro atoms. The fraction of sp³-hybridized carbons (Fsp3) is 0.167. The summed E-state index contributed by atoms with van der Waals surface area (Å²) >= 11 is 0. The summed E-state index contributed by atoms with van der Waals surface area (Å²) in [4.78, 5) is 3.46. The first-order valence-electron chi connectivity index (χ1n) is 2.58. The van der Waals surface area contributed by atoms with Crippen molar-refractivity contribution in [2.75, 3.05) is 0 Å². The maximum Gasteiger partial charge on any atom is 0.416 e. The second-order valence-electron chi connectivity index (χ2n) is 1.73. The van der Waals surface area contributed by atoms with Gasteiger partial charge in [0, 0.05) is 12.4 Å². The molecule has 0 fully saturated rings. The zero-order valence-corrected chi connectivity index (χ0v) is 6.12. The summed E-state index contributed by atoms with van der Waals surface area (Å²) in [5.41, 5.74) is -0.664. The van der Waals surface area contributed by atoms with Crippen LogP contribution in [0.5, 0.6) is 0 Å². The van der Waals surface area contributed by atoms with E-state index in [0.717, 1.165) is 24.5 Å². The van der Waals surface area contributed by atoms with Crippen LogP contribution in [0.4, 0.5) is 27.3 Å². The van der Waals surface area contributed by atoms with Crippen molar-refractivity contribution in [1.29, 1.82) is 0 Å². The summed E-state index contributed by atoms with van der Waals surface area (Å²) in [5, 5.41) is 0. The van der Waals surface area contributed by atoms with Gasteiger partial charge in [-0.25, -0.2) is 0 Å². The topological polar surface area (TPSA) is 12.9 Å². The van der Waals surface area contributed by atoms with Crippen molar-refractivity contribution >= 4 is 8.41 Å². The molecule has 1 rings (SSSR count). The zero-order valence-electron chi connectivity index (χ0n) is 6.12. The molecule has 1 aromatic rings. The zero-order chi connectivity index (χ0) is 7.61. The minimum Gasteiger partial charge on any atom is -0.269 e. The maximum atomic E-state index is 11.8. The molecular formula is C6H10BF6N. The van der Waals surface area contributed by atoms with E-state index in [-0.39, 0.29) is 22.5 Å². The SMILES string of the molecule is B.F.F.F.FC(F)(F)c1ccncc1. The van der Waals surface area contributed by atoms with Crippen molar-refractivity contribution in [3.63, 3.8) is 0 Å². The number of nitrogens with zero attached hydrogens (tertiary/aromatic N) is 1. The summed E-state index contributed by atoms with van der Waals surface area (Å²) in [6, 6.07) is 1.86. The van der Waals surface area contributed by atoms with E-state index in [1.165, 1.54) is 0 Å². The third-order valence-corrected chi connectivity index (χ3v) is 1.01. The summed E-state index contributed by atoms with van der Waals surface area (Å²) in [6.45, 7) is 0. The molecule has 1 aromatic heterocycles. The Labute approximate surface area is 78.0 Å². The Balaban J connectivity index is -0.000000125. The molecule has 0 N–H and O–H groups in total. The smallest absolute Gasteiger partial charge is 0.269 e. The van der Waals surface area contributed by atoms with E-state index in [1.807, 2.05) is 0 Å². The quantitative estimate of drug-likeness (QED) is 0.476. The highest BCUT2D eigenvalue weighted by Crippen LogP contribution is 2.27. The molecule has 0 unspecified atom stereocenters. The fourth-order valence-corrected chi connectivity index (χ4v) is 0.541. The van der Waals surface area contributed by atoms with Crippen molar-refractivity contribution in [2.45, 2.75) is 6.18 Å². The molecule has 0 aliphatic carbocycles. The van der Waals surface area contributed by atoms with Gasteiger partial charge in [-0.15, -0.1) is 0 Å². The Hall–Kier alpha value is -1.21. The molecule has 0 saturated heterocycles. The van der Waals surface area contributed by atoms with Crippen LogP contribution in [0.2, 0.25) is 0 Å². The largest absolute Gasteiger partial charge is 0.416 e. The highest BCUT2D eigenvalue weighted by atomic mass is 19.4. The molecule has 0 aliphatic rings. The number of rotatable bonds is 0. The van der Waals surface area contributed by atoms with Crippen LogP contribution in [-0.4, -0.2) is 13.4 Å². The van der Waals surface area contributed by atoms with Gasteiger partial charge in [-0.05, 0) is 12.1 Å². The molecule has 1 nitrogen and oxygen atoms in total. The number of halogens is 6. The van der Waals surface area contributed by atoms with Crippen LogP contribution in [0.15, 0.2) is 24.5 Å². The van der Waals surface area contributed by atoms with Crippen LogP contribution in [0.25, 0.3) is 0 Å². The number of hydrogen-bond donors (Lipinski definition) is 0. The average molecular weight is 221 g/mol. The lowest BCUT2D eigenvalue weighted by molar-refractivity contribution is -0.137. The van der Waals surface area contributed by atoms with Crippen molar-refractivity contribution in [3.05, 3.63) is 30.1 Å². The first-order valence-corrected chi connectivity index (χ1v) is 2.58. The first-order chi connectivity index (χ1) is 4.61. The Kier molecular flexibility index (Phi) is 13.8. The third-order valence-electron chi connectivity index (χ3n) is 1.01. The minimum absolute atomic E-state index is 0. The Morgan fingerprint density at radius 2 is 1.29 bits per heavy atom. The molecule has 0 saturated carbocycles. The van der Waals surface area contributed by atoms with Crippen molar-refractivity contribution < 1.29 is 27.3 Å². The summed E-state index contributed by atoms with van der Waals surface area (Å²) in [6.07, 6.45) is -2.02. The Morgan fingerprint density at radius 1 is 0.929 bits per heavy atom. The lowest BCUT2D eigenvalue weighted by Gasteiger charge is -2.03. The van der Waals surface area contributed by atoms with E-state index in [4.69, 9.17) is 0 Å². The Bertz CT molecular complexity index is 213. The first kappa shape index (κ1) is 23.0. The standard InChI is InChI=1S/C6H4F3N.BH3.3FH/c7-6(8,9)5-1-3-10-4-2-5;;;;/h1-4H;1H3;3*1H. The normalized spacial score (nSPS) is 8.21. The van der Waals surface area contributed by atoms with Crippen LogP contribution >= 0.6 is 0 Å².